The number of benzene rings is 2. The van der Waals surface area contributed by atoms with Crippen LogP contribution < -0.4 is 20.3 Å². The van der Waals surface area contributed by atoms with Crippen LogP contribution in [0.2, 0.25) is 0 Å². The number of nitrogens with zero attached hydrogens (tertiary/aromatic N) is 2. The molecule has 0 atom stereocenters. The summed E-state index contributed by atoms with van der Waals surface area (Å²) in [4.78, 5) is 30.4. The van der Waals surface area contributed by atoms with Crippen molar-refractivity contribution in [2.45, 2.75) is 0 Å². The molecule has 0 aliphatic rings. The van der Waals surface area contributed by atoms with E-state index in [1.165, 1.54) is 12.1 Å². The van der Waals surface area contributed by atoms with Gasteiger partial charge in [0.2, 0.25) is 0 Å². The average molecular weight is 438 g/mol. The molecule has 3 aromatic rings. The van der Waals surface area contributed by atoms with Crippen molar-refractivity contribution in [3.05, 3.63) is 65.9 Å². The van der Waals surface area contributed by atoms with Crippen LogP contribution in [-0.2, 0) is 0 Å². The van der Waals surface area contributed by atoms with Gasteiger partial charge >= 0.3 is 0 Å². The maximum atomic E-state index is 12.6. The Bertz CT molecular complexity index is 1070. The third kappa shape index (κ3) is 6.16. The first-order chi connectivity index (χ1) is 15.5. The standard InChI is InChI=1S/C23H26N4O5/c1-27(2)12-14-32-21-15-20(25-19-6-4-3-5-18(19)21)23(29)24-11-13-31-17-9-7-16(8-10-17)22(28)26-30/h3-10,15,30H,11-14H2,1-2H3,(H,24,29)(H,26,28). The van der Waals surface area contributed by atoms with Crippen LogP contribution in [0.5, 0.6) is 11.5 Å². The molecule has 0 aliphatic carbocycles. The monoisotopic (exact) mass is 438 g/mol. The van der Waals surface area contributed by atoms with Crippen LogP contribution in [0.1, 0.15) is 20.8 Å². The fraction of sp³-hybridized carbons (Fsp3) is 0.261. The third-order valence-corrected chi connectivity index (χ3v) is 4.58. The molecular weight excluding hydrogens is 412 g/mol. The molecule has 0 aliphatic heterocycles. The lowest BCUT2D eigenvalue weighted by molar-refractivity contribution is 0.0706. The van der Waals surface area contributed by atoms with Crippen LogP contribution in [0.25, 0.3) is 10.9 Å². The van der Waals surface area contributed by atoms with Crippen molar-refractivity contribution in [3.8, 4) is 11.5 Å². The van der Waals surface area contributed by atoms with E-state index in [0.29, 0.717) is 29.2 Å². The van der Waals surface area contributed by atoms with Gasteiger partial charge in [-0.2, -0.15) is 0 Å². The van der Waals surface area contributed by atoms with Crippen LogP contribution in [0.4, 0.5) is 0 Å². The Kier molecular flexibility index (Phi) is 7.96. The number of para-hydroxylation sites is 1. The van der Waals surface area contributed by atoms with E-state index in [1.54, 1.807) is 23.7 Å². The molecule has 168 valence electrons. The van der Waals surface area contributed by atoms with E-state index in [9.17, 15) is 9.59 Å². The summed E-state index contributed by atoms with van der Waals surface area (Å²) in [5.74, 6) is 0.226. The lowest BCUT2D eigenvalue weighted by Crippen LogP contribution is -2.29. The Morgan fingerprint density at radius 2 is 1.75 bits per heavy atom. The van der Waals surface area contributed by atoms with Crippen molar-refractivity contribution in [3.63, 3.8) is 0 Å². The summed E-state index contributed by atoms with van der Waals surface area (Å²) in [5, 5.41) is 12.3. The molecule has 9 heteroatoms. The number of likely N-dealkylation sites (N-methyl/N-ethyl adjacent to an activating group) is 1. The zero-order chi connectivity index (χ0) is 22.9. The van der Waals surface area contributed by atoms with E-state index in [-0.39, 0.29) is 24.8 Å². The van der Waals surface area contributed by atoms with Crippen molar-refractivity contribution >= 4 is 22.7 Å². The fourth-order valence-corrected chi connectivity index (χ4v) is 2.91. The SMILES string of the molecule is CN(C)CCOc1cc(C(=O)NCCOc2ccc(C(=O)NO)cc2)nc2ccccc12. The highest BCUT2D eigenvalue weighted by molar-refractivity contribution is 5.97. The van der Waals surface area contributed by atoms with Gasteiger partial charge in [-0.15, -0.1) is 0 Å². The van der Waals surface area contributed by atoms with Gasteiger partial charge in [-0.25, -0.2) is 10.5 Å². The zero-order valence-corrected chi connectivity index (χ0v) is 18.0. The minimum atomic E-state index is -0.600. The second-order valence-electron chi connectivity index (χ2n) is 7.24. The summed E-state index contributed by atoms with van der Waals surface area (Å²) in [6.45, 7) is 1.75. The van der Waals surface area contributed by atoms with Crippen LogP contribution in [0.3, 0.4) is 0 Å². The van der Waals surface area contributed by atoms with Crippen LogP contribution in [0, 0.1) is 0 Å². The lowest BCUT2D eigenvalue weighted by Gasteiger charge is -2.14. The quantitative estimate of drug-likeness (QED) is 0.252. The molecular formula is C23H26N4O5. The summed E-state index contributed by atoms with van der Waals surface area (Å²) in [6, 6.07) is 15.4. The van der Waals surface area contributed by atoms with Gasteiger partial charge in [0.25, 0.3) is 11.8 Å². The molecule has 0 saturated heterocycles. The molecule has 0 fully saturated rings. The van der Waals surface area contributed by atoms with E-state index in [4.69, 9.17) is 14.7 Å². The van der Waals surface area contributed by atoms with Crippen LogP contribution in [0.15, 0.2) is 54.6 Å². The first-order valence-electron chi connectivity index (χ1n) is 10.1. The topological polar surface area (TPSA) is 113 Å². The number of amides is 2. The number of carbonyl (C=O) groups is 2. The third-order valence-electron chi connectivity index (χ3n) is 4.58. The van der Waals surface area contributed by atoms with Crippen molar-refractivity contribution in [2.75, 3.05) is 40.4 Å². The molecule has 0 bridgehead atoms. The number of ether oxygens (including phenoxy) is 2. The zero-order valence-electron chi connectivity index (χ0n) is 18.0. The van der Waals surface area contributed by atoms with Gasteiger partial charge in [0.05, 0.1) is 12.1 Å². The Morgan fingerprint density at radius 3 is 2.47 bits per heavy atom. The Labute approximate surface area is 185 Å². The molecule has 0 saturated carbocycles. The molecule has 0 radical (unpaired) electrons. The summed E-state index contributed by atoms with van der Waals surface area (Å²) < 4.78 is 11.5. The Hall–Kier alpha value is -3.69. The number of rotatable bonds is 10. The molecule has 3 N–H and O–H groups in total. The van der Waals surface area contributed by atoms with Gasteiger partial charge in [-0.3, -0.25) is 14.8 Å². The first-order valence-corrected chi connectivity index (χ1v) is 10.1. The first kappa shape index (κ1) is 23.0. The number of hydroxylamine groups is 1. The summed E-state index contributed by atoms with van der Waals surface area (Å²) >= 11 is 0. The smallest absolute Gasteiger partial charge is 0.274 e. The predicted molar refractivity (Wildman–Crippen MR) is 119 cm³/mol. The van der Waals surface area contributed by atoms with Crippen molar-refractivity contribution in [1.82, 2.24) is 20.7 Å². The highest BCUT2D eigenvalue weighted by Crippen LogP contribution is 2.25. The fourth-order valence-electron chi connectivity index (χ4n) is 2.91. The predicted octanol–water partition coefficient (Wildman–Crippen LogP) is 2.10. The molecule has 0 unspecified atom stereocenters. The number of aromatic nitrogens is 1. The second kappa shape index (κ2) is 11.1. The minimum Gasteiger partial charge on any atom is -0.492 e. The van der Waals surface area contributed by atoms with E-state index < -0.39 is 5.91 Å². The summed E-state index contributed by atoms with van der Waals surface area (Å²) in [6.07, 6.45) is 0. The number of fused-ring (bicyclic) bond motifs is 1. The van der Waals surface area contributed by atoms with Gasteiger partial charge in [-0.1, -0.05) is 12.1 Å². The highest BCUT2D eigenvalue weighted by atomic mass is 16.5. The number of hydrogen-bond acceptors (Lipinski definition) is 7. The van der Waals surface area contributed by atoms with Crippen molar-refractivity contribution in [2.24, 2.45) is 0 Å². The maximum Gasteiger partial charge on any atom is 0.274 e. The average Bonchev–Trinajstić information content (AvgIpc) is 2.81. The molecule has 0 spiro atoms. The molecule has 32 heavy (non-hydrogen) atoms. The molecule has 9 nitrogen and oxygen atoms in total. The molecule has 2 amide bonds. The van der Waals surface area contributed by atoms with Gasteiger partial charge in [-0.05, 0) is 50.5 Å². The van der Waals surface area contributed by atoms with E-state index in [1.807, 2.05) is 43.3 Å². The van der Waals surface area contributed by atoms with Crippen molar-refractivity contribution < 1.29 is 24.3 Å². The van der Waals surface area contributed by atoms with E-state index in [2.05, 4.69) is 10.3 Å². The number of pyridine rings is 1. The number of carbonyl (C=O) groups excluding carboxylic acids is 2. The van der Waals surface area contributed by atoms with Crippen molar-refractivity contribution in [1.29, 1.82) is 0 Å². The minimum absolute atomic E-state index is 0.233. The maximum absolute atomic E-state index is 12.6. The van der Waals surface area contributed by atoms with E-state index >= 15 is 0 Å². The lowest BCUT2D eigenvalue weighted by atomic mass is 10.1. The van der Waals surface area contributed by atoms with Gasteiger partial charge in [0.15, 0.2) is 0 Å². The Morgan fingerprint density at radius 1 is 1.00 bits per heavy atom. The highest BCUT2D eigenvalue weighted by Gasteiger charge is 2.13. The Balaban J connectivity index is 1.58. The molecule has 3 rings (SSSR count). The summed E-state index contributed by atoms with van der Waals surface area (Å²) in [7, 11) is 3.93. The van der Waals surface area contributed by atoms with Gasteiger partial charge in [0.1, 0.15) is 30.4 Å². The largest absolute Gasteiger partial charge is 0.492 e. The van der Waals surface area contributed by atoms with E-state index in [0.717, 1.165) is 11.9 Å². The van der Waals surface area contributed by atoms with Crippen LogP contribution in [-0.4, -0.2) is 67.3 Å². The van der Waals surface area contributed by atoms with Gasteiger partial charge in [0, 0.05) is 23.6 Å². The molecule has 1 heterocycles. The molecule has 2 aromatic carbocycles. The van der Waals surface area contributed by atoms with Crippen LogP contribution >= 0.6 is 0 Å². The second-order valence-corrected chi connectivity index (χ2v) is 7.24. The molecule has 1 aromatic heterocycles. The summed E-state index contributed by atoms with van der Waals surface area (Å²) in [5.41, 5.74) is 2.82. The number of nitrogens with one attached hydrogen (secondary N) is 2. The normalized spacial score (nSPS) is 10.8. The van der Waals surface area contributed by atoms with Gasteiger partial charge < -0.3 is 19.7 Å². The number of hydrogen-bond donors (Lipinski definition) is 3.